The molecule has 0 saturated heterocycles. The van der Waals surface area contributed by atoms with Gasteiger partial charge in [-0.25, -0.2) is 0 Å². The molecule has 0 aliphatic heterocycles. The fraction of sp³-hybridized carbons (Fsp3) is 0.750. The molecule has 33 valence electrons. The molecular weight excluding hydrogens is 107 g/mol. The maximum atomic E-state index is 2.12. The van der Waals surface area contributed by atoms with Crippen LogP contribution in [0, 0.1) is 6.42 Å². The van der Waals surface area contributed by atoms with Gasteiger partial charge in [0.2, 0.25) is 0 Å². The molecule has 0 atom stereocenters. The van der Waals surface area contributed by atoms with E-state index in [4.69, 9.17) is 0 Å². The van der Waals surface area contributed by atoms with E-state index in [1.807, 2.05) is 0 Å². The van der Waals surface area contributed by atoms with Crippen molar-refractivity contribution >= 4 is 0 Å². The Hall–Kier alpha value is 0.494. The van der Waals surface area contributed by atoms with Gasteiger partial charge in [0, 0.05) is 0 Å². The van der Waals surface area contributed by atoms with Crippen LogP contribution in [0.3, 0.4) is 0 Å². The van der Waals surface area contributed by atoms with Gasteiger partial charge in [0.1, 0.15) is 0 Å². The molecule has 0 unspecified atom stereocenters. The first-order valence-corrected chi connectivity index (χ1v) is 1.69. The van der Waals surface area contributed by atoms with E-state index in [1.54, 1.807) is 0 Å². The van der Waals surface area contributed by atoms with Gasteiger partial charge in [0.25, 0.3) is 0 Å². The monoisotopic (exact) mass is 115 g/mol. The first kappa shape index (κ1) is 9.09. The Morgan fingerprint density at radius 3 is 1.80 bits per heavy atom. The molecule has 0 heterocycles. The van der Waals surface area contributed by atoms with E-state index in [-0.39, 0.29) is 16.5 Å². The van der Waals surface area contributed by atoms with Crippen molar-refractivity contribution in [2.24, 2.45) is 0 Å². The zero-order valence-electron chi connectivity index (χ0n) is 3.60. The van der Waals surface area contributed by atoms with Crippen LogP contribution in [0.15, 0.2) is 0 Å². The Kier molecular flexibility index (Phi) is 16.0. The summed E-state index contributed by atoms with van der Waals surface area (Å²) in [7, 11) is 0. The minimum absolute atomic E-state index is 0. The summed E-state index contributed by atoms with van der Waals surface area (Å²) in [6.45, 7) is 4.18. The normalized spacial score (nSPS) is 6.00. The van der Waals surface area contributed by atoms with Gasteiger partial charge in [-0.15, -0.1) is 0 Å². The molecular formula is C4H9Ni+2. The van der Waals surface area contributed by atoms with E-state index in [9.17, 15) is 0 Å². The first-order valence-electron chi connectivity index (χ1n) is 1.69. The van der Waals surface area contributed by atoms with Crippen LogP contribution in [0.1, 0.15) is 20.3 Å². The van der Waals surface area contributed by atoms with Crippen molar-refractivity contribution < 1.29 is 16.5 Å². The Bertz CT molecular complexity index is 5.61. The SMILES string of the molecule is C[CH-]CC.[Ni+3]. The summed E-state index contributed by atoms with van der Waals surface area (Å²) in [4.78, 5) is 0. The van der Waals surface area contributed by atoms with Gasteiger partial charge in [-0.05, 0) is 0 Å². The molecule has 0 saturated carbocycles. The largest absolute Gasteiger partial charge is 3.00 e. The quantitative estimate of drug-likeness (QED) is 0.360. The fourth-order valence-corrected chi connectivity index (χ4v) is 0. The average Bonchev–Trinajstić information content (AvgIpc) is 1.37. The molecule has 0 spiro atoms. The molecule has 0 aromatic heterocycles. The summed E-state index contributed by atoms with van der Waals surface area (Å²) in [6.07, 6.45) is 3.32. The molecule has 1 radical (unpaired) electrons. The van der Waals surface area contributed by atoms with Gasteiger partial charge >= 0.3 is 16.5 Å². The predicted molar refractivity (Wildman–Crippen MR) is 20.3 cm³/mol. The average molecular weight is 116 g/mol. The number of hydrogen-bond acceptors (Lipinski definition) is 0. The number of rotatable bonds is 1. The van der Waals surface area contributed by atoms with Crippen LogP contribution in [-0.2, 0) is 16.5 Å². The van der Waals surface area contributed by atoms with Gasteiger partial charge < -0.3 is 6.42 Å². The van der Waals surface area contributed by atoms with Crippen molar-refractivity contribution in [3.05, 3.63) is 6.42 Å². The van der Waals surface area contributed by atoms with Crippen LogP contribution in [0.4, 0.5) is 0 Å². The van der Waals surface area contributed by atoms with Crippen LogP contribution in [0.5, 0.6) is 0 Å². The number of unbranched alkanes of at least 4 members (excludes halogenated alkanes) is 1. The summed E-state index contributed by atoms with van der Waals surface area (Å²) in [5.41, 5.74) is 0. The van der Waals surface area contributed by atoms with E-state index < -0.39 is 0 Å². The molecule has 0 N–H and O–H groups in total. The second-order valence-electron chi connectivity index (χ2n) is 0.816. The van der Waals surface area contributed by atoms with Crippen molar-refractivity contribution in [3.8, 4) is 0 Å². The fourth-order valence-electron chi connectivity index (χ4n) is 0. The van der Waals surface area contributed by atoms with Crippen LogP contribution in [0.2, 0.25) is 0 Å². The Morgan fingerprint density at radius 1 is 1.60 bits per heavy atom. The maximum absolute atomic E-state index is 2.12. The Balaban J connectivity index is 0. The molecule has 0 aromatic carbocycles. The zero-order valence-corrected chi connectivity index (χ0v) is 4.59. The molecule has 0 rings (SSSR count). The van der Waals surface area contributed by atoms with Crippen LogP contribution in [-0.4, -0.2) is 0 Å². The van der Waals surface area contributed by atoms with Crippen molar-refractivity contribution in [2.45, 2.75) is 20.3 Å². The third-order valence-electron chi connectivity index (χ3n) is 0.408. The molecule has 0 fully saturated rings. The molecule has 0 aliphatic carbocycles. The second-order valence-corrected chi connectivity index (χ2v) is 0.816. The van der Waals surface area contributed by atoms with Crippen LogP contribution >= 0.6 is 0 Å². The molecule has 0 bridgehead atoms. The standard InChI is InChI=1S/C4H9.Ni/c1-3-4-2;/h3H,4H2,1-2H3;/q-1;+3. The maximum Gasteiger partial charge on any atom is 3.00 e. The van der Waals surface area contributed by atoms with Gasteiger partial charge in [0.05, 0.1) is 0 Å². The van der Waals surface area contributed by atoms with E-state index in [2.05, 4.69) is 20.3 Å². The second kappa shape index (κ2) is 8.82. The molecule has 0 nitrogen and oxygen atoms in total. The third kappa shape index (κ3) is 12.5. The summed E-state index contributed by atoms with van der Waals surface area (Å²) in [5.74, 6) is 0. The van der Waals surface area contributed by atoms with E-state index >= 15 is 0 Å². The van der Waals surface area contributed by atoms with Crippen LogP contribution < -0.4 is 0 Å². The summed E-state index contributed by atoms with van der Waals surface area (Å²) >= 11 is 0. The van der Waals surface area contributed by atoms with E-state index in [0.717, 1.165) is 0 Å². The van der Waals surface area contributed by atoms with Crippen molar-refractivity contribution in [2.75, 3.05) is 0 Å². The minimum Gasteiger partial charge on any atom is -0.332 e. The van der Waals surface area contributed by atoms with Crippen LogP contribution in [0.25, 0.3) is 0 Å². The third-order valence-corrected chi connectivity index (χ3v) is 0.408. The van der Waals surface area contributed by atoms with Crippen molar-refractivity contribution in [3.63, 3.8) is 0 Å². The van der Waals surface area contributed by atoms with Crippen molar-refractivity contribution in [1.82, 2.24) is 0 Å². The minimum atomic E-state index is 0. The zero-order chi connectivity index (χ0) is 3.41. The van der Waals surface area contributed by atoms with Gasteiger partial charge in [-0.1, -0.05) is 6.92 Å². The molecule has 5 heavy (non-hydrogen) atoms. The molecule has 1 heteroatoms. The van der Waals surface area contributed by atoms with Gasteiger partial charge in [-0.3, -0.25) is 0 Å². The Labute approximate surface area is 43.9 Å². The van der Waals surface area contributed by atoms with Gasteiger partial charge in [0.15, 0.2) is 0 Å². The summed E-state index contributed by atoms with van der Waals surface area (Å²) < 4.78 is 0. The number of hydrogen-bond donors (Lipinski definition) is 0. The van der Waals surface area contributed by atoms with Crippen molar-refractivity contribution in [1.29, 1.82) is 0 Å². The topological polar surface area (TPSA) is 0 Å². The summed E-state index contributed by atoms with van der Waals surface area (Å²) in [5, 5.41) is 0. The Morgan fingerprint density at radius 2 is 1.80 bits per heavy atom. The van der Waals surface area contributed by atoms with E-state index in [0.29, 0.717) is 0 Å². The molecule has 0 aliphatic rings. The molecule has 0 aromatic rings. The van der Waals surface area contributed by atoms with Gasteiger partial charge in [-0.2, -0.15) is 13.3 Å². The first-order chi connectivity index (χ1) is 1.91. The summed E-state index contributed by atoms with van der Waals surface area (Å²) in [6, 6.07) is 0. The molecule has 0 amide bonds. The predicted octanol–water partition coefficient (Wildman–Crippen LogP) is 1.62. The smallest absolute Gasteiger partial charge is 0.332 e. The van der Waals surface area contributed by atoms with E-state index in [1.165, 1.54) is 6.42 Å².